The normalized spacial score (nSPS) is 23.9. The molecule has 3 unspecified atom stereocenters. The highest BCUT2D eigenvalue weighted by Crippen LogP contribution is 2.44. The van der Waals surface area contributed by atoms with Crippen molar-refractivity contribution in [3.63, 3.8) is 0 Å². The average molecular weight is 450 g/mol. The van der Waals surface area contributed by atoms with E-state index in [0.29, 0.717) is 12.6 Å². The molecule has 0 radical (unpaired) electrons. The molecular formula is C23H30F3N5O. The number of carbonyl (C=O) groups is 1. The lowest BCUT2D eigenvalue weighted by Crippen LogP contribution is -2.39. The third kappa shape index (κ3) is 4.92. The summed E-state index contributed by atoms with van der Waals surface area (Å²) in [5.41, 5.74) is 0.891. The monoisotopic (exact) mass is 449 g/mol. The van der Waals surface area contributed by atoms with Gasteiger partial charge in [0.15, 0.2) is 6.04 Å². The number of aromatic nitrogens is 2. The van der Waals surface area contributed by atoms with Crippen molar-refractivity contribution in [3.05, 3.63) is 47.7 Å². The fourth-order valence-corrected chi connectivity index (χ4v) is 4.70. The third-order valence-corrected chi connectivity index (χ3v) is 6.53. The Kier molecular flexibility index (Phi) is 6.74. The number of piperidine rings is 1. The average Bonchev–Trinajstić information content (AvgIpc) is 3.21. The van der Waals surface area contributed by atoms with E-state index in [-0.39, 0.29) is 17.8 Å². The van der Waals surface area contributed by atoms with Gasteiger partial charge in [-0.25, -0.2) is 4.68 Å². The lowest BCUT2D eigenvalue weighted by Gasteiger charge is -2.34. The molecule has 1 aromatic carbocycles. The second-order valence-electron chi connectivity index (χ2n) is 8.74. The van der Waals surface area contributed by atoms with Crippen LogP contribution < -0.4 is 10.6 Å². The molecule has 2 aliphatic heterocycles. The molecule has 1 aromatic heterocycles. The highest BCUT2D eigenvalue weighted by Gasteiger charge is 2.47. The van der Waals surface area contributed by atoms with Gasteiger partial charge in [-0.1, -0.05) is 36.8 Å². The van der Waals surface area contributed by atoms with E-state index in [1.165, 1.54) is 25.5 Å². The van der Waals surface area contributed by atoms with Crippen molar-refractivity contribution in [1.29, 1.82) is 0 Å². The smallest absolute Gasteiger partial charge is 0.363 e. The number of fused-ring (bicyclic) bond motifs is 1. The predicted octanol–water partition coefficient (Wildman–Crippen LogP) is 4.54. The van der Waals surface area contributed by atoms with Crippen molar-refractivity contribution >= 4 is 11.7 Å². The largest absolute Gasteiger partial charge is 0.410 e. The second-order valence-corrected chi connectivity index (χ2v) is 8.74. The maximum atomic E-state index is 13.8. The first-order chi connectivity index (χ1) is 15.3. The second kappa shape index (κ2) is 9.52. The molecule has 3 atom stereocenters. The minimum Gasteiger partial charge on any atom is -0.363 e. The molecule has 3 heterocycles. The number of nitrogens with one attached hydrogen (secondary N) is 2. The van der Waals surface area contributed by atoms with Crippen molar-refractivity contribution in [2.75, 3.05) is 25.0 Å². The first-order valence-electron chi connectivity index (χ1n) is 11.3. The van der Waals surface area contributed by atoms with Crippen LogP contribution in [0, 0.1) is 0 Å². The van der Waals surface area contributed by atoms with Gasteiger partial charge >= 0.3 is 6.18 Å². The lowest BCUT2D eigenvalue weighted by molar-refractivity contribution is -0.173. The number of anilines is 1. The van der Waals surface area contributed by atoms with Crippen LogP contribution in [0.3, 0.4) is 0 Å². The molecule has 0 aliphatic carbocycles. The van der Waals surface area contributed by atoms with E-state index in [4.69, 9.17) is 0 Å². The molecule has 2 N–H and O–H groups in total. The molecular weight excluding hydrogens is 419 g/mol. The number of nitrogens with zero attached hydrogens (tertiary/aromatic N) is 3. The van der Waals surface area contributed by atoms with Gasteiger partial charge in [0, 0.05) is 25.6 Å². The van der Waals surface area contributed by atoms with Crippen molar-refractivity contribution < 1.29 is 18.0 Å². The topological polar surface area (TPSA) is 62.2 Å². The van der Waals surface area contributed by atoms with Crippen LogP contribution in [0.5, 0.6) is 0 Å². The summed E-state index contributed by atoms with van der Waals surface area (Å²) in [6.07, 6.45) is 1.04. The van der Waals surface area contributed by atoms with Crippen molar-refractivity contribution in [2.24, 2.45) is 0 Å². The predicted molar refractivity (Wildman–Crippen MR) is 117 cm³/mol. The van der Waals surface area contributed by atoms with Gasteiger partial charge < -0.3 is 15.5 Å². The van der Waals surface area contributed by atoms with Crippen LogP contribution in [0.15, 0.2) is 36.5 Å². The Morgan fingerprint density at radius 1 is 1.25 bits per heavy atom. The maximum absolute atomic E-state index is 13.8. The molecule has 9 heteroatoms. The van der Waals surface area contributed by atoms with E-state index in [1.54, 1.807) is 24.3 Å². The Morgan fingerprint density at radius 3 is 2.75 bits per heavy atom. The van der Waals surface area contributed by atoms with Crippen LogP contribution in [-0.4, -0.2) is 52.4 Å². The van der Waals surface area contributed by atoms with E-state index in [9.17, 15) is 18.0 Å². The molecule has 2 aromatic rings. The number of hydrogen-bond donors (Lipinski definition) is 2. The number of hydrogen-bond acceptors (Lipinski definition) is 4. The number of carbonyl (C=O) groups excluding carboxylic acids is 1. The van der Waals surface area contributed by atoms with E-state index in [2.05, 4.69) is 27.6 Å². The van der Waals surface area contributed by atoms with E-state index in [1.807, 2.05) is 6.07 Å². The van der Waals surface area contributed by atoms with Crippen LogP contribution in [0.1, 0.15) is 67.0 Å². The molecule has 6 nitrogen and oxygen atoms in total. The van der Waals surface area contributed by atoms with Gasteiger partial charge in [0.1, 0.15) is 11.4 Å². The Balaban J connectivity index is 1.44. The van der Waals surface area contributed by atoms with Crippen LogP contribution in [0.25, 0.3) is 0 Å². The summed E-state index contributed by atoms with van der Waals surface area (Å²) in [7, 11) is 0. The molecule has 2 aliphatic rings. The maximum Gasteiger partial charge on any atom is 0.410 e. The van der Waals surface area contributed by atoms with Gasteiger partial charge in [0.05, 0.1) is 12.2 Å². The fourth-order valence-electron chi connectivity index (χ4n) is 4.70. The highest BCUT2D eigenvalue weighted by atomic mass is 19.4. The number of amides is 1. The van der Waals surface area contributed by atoms with Gasteiger partial charge in [-0.3, -0.25) is 4.79 Å². The molecule has 0 saturated carbocycles. The molecule has 1 amide bonds. The van der Waals surface area contributed by atoms with E-state index < -0.39 is 24.2 Å². The standard InChI is InChI=1S/C23H30F3N5O/c1-16-8-5-6-12-30(16)13-7-11-27-22(32)18-15-28-31-20(23(24,25)26)14-19(29-21(18)31)17-9-3-2-4-10-17/h2-4,9-10,15-16,19-20,29H,5-8,11-14H2,1H3,(H,27,32). The SMILES string of the molecule is CC1CCCCN1CCCNC(=O)c1cnn2c1NC(c1ccccc1)CC2C(F)(F)F. The van der Waals surface area contributed by atoms with Crippen molar-refractivity contribution in [3.8, 4) is 0 Å². The molecule has 0 spiro atoms. The zero-order valence-corrected chi connectivity index (χ0v) is 18.2. The molecule has 32 heavy (non-hydrogen) atoms. The molecule has 4 rings (SSSR count). The summed E-state index contributed by atoms with van der Waals surface area (Å²) >= 11 is 0. The lowest BCUT2D eigenvalue weighted by atomic mass is 9.96. The molecule has 174 valence electrons. The Morgan fingerprint density at radius 2 is 2.03 bits per heavy atom. The first-order valence-corrected chi connectivity index (χ1v) is 11.3. The number of alkyl halides is 3. The van der Waals surface area contributed by atoms with Crippen LogP contribution in [0.4, 0.5) is 19.0 Å². The third-order valence-electron chi connectivity index (χ3n) is 6.53. The van der Waals surface area contributed by atoms with Gasteiger partial charge in [0.25, 0.3) is 5.91 Å². The van der Waals surface area contributed by atoms with Crippen LogP contribution in [0.2, 0.25) is 0 Å². The van der Waals surface area contributed by atoms with Gasteiger partial charge in [-0.05, 0) is 38.3 Å². The van der Waals surface area contributed by atoms with E-state index >= 15 is 0 Å². The fraction of sp³-hybridized carbons (Fsp3) is 0.565. The minimum atomic E-state index is -4.46. The van der Waals surface area contributed by atoms with Gasteiger partial charge in [0.2, 0.25) is 0 Å². The zero-order chi connectivity index (χ0) is 22.7. The van der Waals surface area contributed by atoms with Crippen molar-refractivity contribution in [2.45, 2.75) is 63.3 Å². The summed E-state index contributed by atoms with van der Waals surface area (Å²) in [4.78, 5) is 15.2. The summed E-state index contributed by atoms with van der Waals surface area (Å²) in [5.74, 6) is -0.283. The molecule has 1 saturated heterocycles. The van der Waals surface area contributed by atoms with Gasteiger partial charge in [-0.15, -0.1) is 0 Å². The highest BCUT2D eigenvalue weighted by molar-refractivity contribution is 5.98. The van der Waals surface area contributed by atoms with Crippen molar-refractivity contribution in [1.82, 2.24) is 20.0 Å². The number of halogens is 3. The Hall–Kier alpha value is -2.55. The number of likely N-dealkylation sites (tertiary alicyclic amines) is 1. The number of benzene rings is 1. The summed E-state index contributed by atoms with van der Waals surface area (Å²) < 4.78 is 42.3. The summed E-state index contributed by atoms with van der Waals surface area (Å²) in [6, 6.07) is 7.20. The number of rotatable bonds is 6. The minimum absolute atomic E-state index is 0.120. The Bertz CT molecular complexity index is 914. The Labute approximate surface area is 186 Å². The first kappa shape index (κ1) is 22.6. The molecule has 1 fully saturated rings. The van der Waals surface area contributed by atoms with Crippen LogP contribution >= 0.6 is 0 Å². The quantitative estimate of drug-likeness (QED) is 0.636. The van der Waals surface area contributed by atoms with Crippen LogP contribution in [-0.2, 0) is 0 Å². The van der Waals surface area contributed by atoms with Gasteiger partial charge in [-0.2, -0.15) is 18.3 Å². The molecule has 0 bridgehead atoms. The summed E-state index contributed by atoms with van der Waals surface area (Å²) in [6.45, 7) is 4.67. The zero-order valence-electron chi connectivity index (χ0n) is 18.2. The van der Waals surface area contributed by atoms with E-state index in [0.717, 1.165) is 29.8 Å². The summed E-state index contributed by atoms with van der Waals surface area (Å²) in [5, 5.41) is 9.91.